The molecule has 1 heterocycles. The van der Waals surface area contributed by atoms with Crippen molar-refractivity contribution in [1.82, 2.24) is 9.62 Å². The number of amides is 1. The molecule has 1 saturated heterocycles. The van der Waals surface area contributed by atoms with Gasteiger partial charge in [0.2, 0.25) is 10.0 Å². The smallest absolute Gasteiger partial charge is 0.255 e. The Labute approximate surface area is 172 Å². The minimum absolute atomic E-state index is 0.119. The summed E-state index contributed by atoms with van der Waals surface area (Å²) < 4.78 is 32.8. The van der Waals surface area contributed by atoms with Gasteiger partial charge in [-0.15, -0.1) is 0 Å². The van der Waals surface area contributed by atoms with Crippen LogP contribution < -0.4 is 10.1 Å². The Morgan fingerprint density at radius 1 is 1.07 bits per heavy atom. The molecule has 1 aliphatic heterocycles. The minimum Gasteiger partial charge on any atom is -0.496 e. The molecule has 156 valence electrons. The molecule has 7 heteroatoms. The molecule has 2 aromatic carbocycles. The van der Waals surface area contributed by atoms with E-state index in [9.17, 15) is 13.2 Å². The number of carbonyl (C=O) groups is 1. The maximum absolute atomic E-state index is 13.0. The van der Waals surface area contributed by atoms with Crippen LogP contribution in [-0.4, -0.2) is 38.8 Å². The lowest BCUT2D eigenvalue weighted by Gasteiger charge is -2.26. The summed E-state index contributed by atoms with van der Waals surface area (Å²) in [6, 6.07) is 12.2. The highest BCUT2D eigenvalue weighted by Crippen LogP contribution is 2.27. The number of ether oxygens (including phenoxy) is 1. The van der Waals surface area contributed by atoms with Crippen molar-refractivity contribution in [3.63, 3.8) is 0 Å². The van der Waals surface area contributed by atoms with E-state index in [4.69, 9.17) is 4.74 Å². The van der Waals surface area contributed by atoms with Crippen molar-refractivity contribution in [1.29, 1.82) is 0 Å². The minimum atomic E-state index is -3.63. The van der Waals surface area contributed by atoms with Crippen molar-refractivity contribution >= 4 is 15.9 Å². The number of piperidine rings is 1. The zero-order valence-corrected chi connectivity index (χ0v) is 18.0. The number of carbonyl (C=O) groups excluding carboxylic acids is 1. The molecule has 1 N–H and O–H groups in total. The van der Waals surface area contributed by atoms with E-state index < -0.39 is 10.0 Å². The van der Waals surface area contributed by atoms with Crippen LogP contribution >= 0.6 is 0 Å². The number of hydrogen-bond donors (Lipinski definition) is 1. The normalized spacial score (nSPS) is 16.2. The lowest BCUT2D eigenvalue weighted by atomic mass is 10.1. The molecule has 0 unspecified atom stereocenters. The maximum atomic E-state index is 13.0. The van der Waals surface area contributed by atoms with Crippen molar-refractivity contribution in [3.05, 3.63) is 59.2 Å². The molecule has 0 radical (unpaired) electrons. The molecule has 1 aliphatic rings. The van der Waals surface area contributed by atoms with Crippen LogP contribution in [0.3, 0.4) is 0 Å². The fourth-order valence-electron chi connectivity index (χ4n) is 3.49. The van der Waals surface area contributed by atoms with Crippen LogP contribution in [0.5, 0.6) is 5.75 Å². The first-order valence-corrected chi connectivity index (χ1v) is 11.3. The summed E-state index contributed by atoms with van der Waals surface area (Å²) in [5.74, 6) is -0.0261. The zero-order valence-electron chi connectivity index (χ0n) is 17.1. The van der Waals surface area contributed by atoms with Crippen molar-refractivity contribution in [3.8, 4) is 5.75 Å². The van der Waals surface area contributed by atoms with Crippen molar-refractivity contribution < 1.29 is 17.9 Å². The Kier molecular flexibility index (Phi) is 6.59. The molecule has 2 aromatic rings. The summed E-state index contributed by atoms with van der Waals surface area (Å²) in [7, 11) is -2.16. The maximum Gasteiger partial charge on any atom is 0.255 e. The molecule has 1 atom stereocenters. The van der Waals surface area contributed by atoms with Crippen molar-refractivity contribution in [2.24, 2.45) is 0 Å². The summed E-state index contributed by atoms with van der Waals surface area (Å²) in [5, 5.41) is 2.94. The summed E-state index contributed by atoms with van der Waals surface area (Å²) in [6.45, 7) is 4.93. The van der Waals surface area contributed by atoms with Crippen LogP contribution in [0, 0.1) is 6.92 Å². The molecular formula is C22H28N2O4S. The van der Waals surface area contributed by atoms with E-state index in [0.29, 0.717) is 18.8 Å². The average molecular weight is 417 g/mol. The lowest BCUT2D eigenvalue weighted by molar-refractivity contribution is 0.0936. The van der Waals surface area contributed by atoms with Crippen LogP contribution in [0.4, 0.5) is 0 Å². The van der Waals surface area contributed by atoms with Gasteiger partial charge >= 0.3 is 0 Å². The molecule has 0 saturated carbocycles. The zero-order chi connectivity index (χ0) is 21.0. The van der Waals surface area contributed by atoms with Crippen LogP contribution in [0.15, 0.2) is 47.4 Å². The SMILES string of the molecule is COc1ccc(S(=O)(=O)N2CCCCC2)cc1C(=O)N[C@H](C)c1ccc(C)cc1. The number of benzene rings is 2. The molecule has 0 bridgehead atoms. The quantitative estimate of drug-likeness (QED) is 0.780. The Morgan fingerprint density at radius 3 is 2.34 bits per heavy atom. The van der Waals surface area contributed by atoms with E-state index in [1.165, 1.54) is 23.5 Å². The standard InChI is InChI=1S/C22H28N2O4S/c1-16-7-9-18(10-8-16)17(2)23-22(25)20-15-19(11-12-21(20)28-3)29(26,27)24-13-5-4-6-14-24/h7-12,15,17H,4-6,13-14H2,1-3H3,(H,23,25)/t17-/m1/s1. The number of aryl methyl sites for hydroxylation is 1. The van der Waals surface area contributed by atoms with Crippen LogP contribution in [0.2, 0.25) is 0 Å². The van der Waals surface area contributed by atoms with Crippen LogP contribution in [0.25, 0.3) is 0 Å². The number of rotatable bonds is 6. The van der Waals surface area contributed by atoms with Crippen molar-refractivity contribution in [2.45, 2.75) is 44.0 Å². The third kappa shape index (κ3) is 4.79. The predicted octanol–water partition coefficient (Wildman–Crippen LogP) is 3.67. The van der Waals surface area contributed by atoms with Gasteiger partial charge in [0.1, 0.15) is 5.75 Å². The van der Waals surface area contributed by atoms with E-state index in [1.807, 2.05) is 38.1 Å². The van der Waals surface area contributed by atoms with Gasteiger partial charge in [0.05, 0.1) is 23.6 Å². The van der Waals surface area contributed by atoms with Gasteiger partial charge in [0, 0.05) is 13.1 Å². The summed E-state index contributed by atoms with van der Waals surface area (Å²) >= 11 is 0. The predicted molar refractivity (Wildman–Crippen MR) is 113 cm³/mol. The lowest BCUT2D eigenvalue weighted by Crippen LogP contribution is -2.35. The van der Waals surface area contributed by atoms with Crippen LogP contribution in [0.1, 0.15) is 53.7 Å². The molecular weight excluding hydrogens is 388 g/mol. The fraction of sp³-hybridized carbons (Fsp3) is 0.409. The monoisotopic (exact) mass is 416 g/mol. The second-order valence-corrected chi connectivity index (χ2v) is 9.37. The van der Waals surface area contributed by atoms with Gasteiger partial charge in [-0.25, -0.2) is 8.42 Å². The van der Waals surface area contributed by atoms with E-state index in [-0.39, 0.29) is 22.4 Å². The average Bonchev–Trinajstić information content (AvgIpc) is 2.74. The van der Waals surface area contributed by atoms with Gasteiger partial charge in [-0.1, -0.05) is 36.2 Å². The first-order valence-electron chi connectivity index (χ1n) is 9.88. The Balaban J connectivity index is 1.86. The first kappa shape index (κ1) is 21.3. The molecule has 3 rings (SSSR count). The molecule has 1 amide bonds. The number of nitrogens with one attached hydrogen (secondary N) is 1. The van der Waals surface area contributed by atoms with Crippen molar-refractivity contribution in [2.75, 3.05) is 20.2 Å². The molecule has 0 spiro atoms. The van der Waals surface area contributed by atoms with Gasteiger partial charge in [0.25, 0.3) is 5.91 Å². The molecule has 0 aromatic heterocycles. The summed E-state index contributed by atoms with van der Waals surface area (Å²) in [4.78, 5) is 13.0. The van der Waals surface area contributed by atoms with Gasteiger partial charge in [0.15, 0.2) is 0 Å². The molecule has 6 nitrogen and oxygen atoms in total. The number of methoxy groups -OCH3 is 1. The number of sulfonamides is 1. The third-order valence-electron chi connectivity index (χ3n) is 5.29. The summed E-state index contributed by atoms with van der Waals surface area (Å²) in [5.41, 5.74) is 2.33. The molecule has 29 heavy (non-hydrogen) atoms. The number of nitrogens with zero attached hydrogens (tertiary/aromatic N) is 1. The largest absolute Gasteiger partial charge is 0.496 e. The highest BCUT2D eigenvalue weighted by molar-refractivity contribution is 7.89. The molecule has 0 aliphatic carbocycles. The van der Waals surface area contributed by atoms with E-state index in [2.05, 4.69) is 5.32 Å². The highest BCUT2D eigenvalue weighted by atomic mass is 32.2. The Bertz CT molecular complexity index is 965. The van der Waals surface area contributed by atoms with Gasteiger partial charge < -0.3 is 10.1 Å². The van der Waals surface area contributed by atoms with E-state index in [0.717, 1.165) is 30.4 Å². The highest BCUT2D eigenvalue weighted by Gasteiger charge is 2.28. The topological polar surface area (TPSA) is 75.7 Å². The van der Waals surface area contributed by atoms with E-state index in [1.54, 1.807) is 6.07 Å². The van der Waals surface area contributed by atoms with Gasteiger partial charge in [-0.05, 0) is 50.5 Å². The number of hydrogen-bond acceptors (Lipinski definition) is 4. The third-order valence-corrected chi connectivity index (χ3v) is 7.19. The van der Waals surface area contributed by atoms with Gasteiger partial charge in [-0.2, -0.15) is 4.31 Å². The second-order valence-electron chi connectivity index (χ2n) is 7.43. The molecule has 1 fully saturated rings. The van der Waals surface area contributed by atoms with Gasteiger partial charge in [-0.3, -0.25) is 4.79 Å². The first-order chi connectivity index (χ1) is 13.8. The Hall–Kier alpha value is -2.38. The van der Waals surface area contributed by atoms with Crippen LogP contribution in [-0.2, 0) is 10.0 Å². The second kappa shape index (κ2) is 8.97. The van der Waals surface area contributed by atoms with E-state index >= 15 is 0 Å². The fourth-order valence-corrected chi connectivity index (χ4v) is 5.04. The summed E-state index contributed by atoms with van der Waals surface area (Å²) in [6.07, 6.45) is 2.76. The Morgan fingerprint density at radius 2 is 1.72 bits per heavy atom.